The van der Waals surface area contributed by atoms with Gasteiger partial charge in [-0.05, 0) is 29.4 Å². The van der Waals surface area contributed by atoms with Crippen LogP contribution in [0.3, 0.4) is 0 Å². The summed E-state index contributed by atoms with van der Waals surface area (Å²) in [6.45, 7) is 5.72. The number of hydrogen-bond acceptors (Lipinski definition) is 5. The first-order valence-electron chi connectivity index (χ1n) is 12.0. The maximum Gasteiger partial charge on any atom is 0.132 e. The van der Waals surface area contributed by atoms with Gasteiger partial charge in [0.05, 0.1) is 25.9 Å². The first kappa shape index (κ1) is 25.0. The molecule has 0 radical (unpaired) electrons. The number of ether oxygens (including phenoxy) is 4. The fourth-order valence-corrected chi connectivity index (χ4v) is 5.17. The smallest absolute Gasteiger partial charge is 0.132 e. The van der Waals surface area contributed by atoms with Crippen molar-refractivity contribution in [2.24, 2.45) is 0 Å². The normalized spacial score (nSPS) is 24.7. The quantitative estimate of drug-likeness (QED) is 0.326. The van der Waals surface area contributed by atoms with Gasteiger partial charge in [0.1, 0.15) is 23.7 Å². The average molecular weight is 479 g/mol. The zero-order valence-electron chi connectivity index (χ0n) is 19.9. The van der Waals surface area contributed by atoms with Gasteiger partial charge in [-0.1, -0.05) is 97.9 Å². The highest BCUT2D eigenvalue weighted by atomic mass is 32.2. The van der Waals surface area contributed by atoms with Crippen LogP contribution in [0.4, 0.5) is 0 Å². The molecule has 0 bridgehead atoms. The van der Waals surface area contributed by atoms with Crippen molar-refractivity contribution in [2.75, 3.05) is 5.75 Å². The molecule has 0 spiro atoms. The topological polar surface area (TPSA) is 36.9 Å². The van der Waals surface area contributed by atoms with Crippen molar-refractivity contribution in [1.82, 2.24) is 0 Å². The number of benzene rings is 3. The molecule has 4 rings (SSSR count). The lowest BCUT2D eigenvalue weighted by molar-refractivity contribution is -0.242. The van der Waals surface area contributed by atoms with Crippen LogP contribution in [0.15, 0.2) is 91.0 Å². The molecule has 5 heteroatoms. The Kier molecular flexibility index (Phi) is 9.60. The summed E-state index contributed by atoms with van der Waals surface area (Å²) in [4.78, 5) is 0. The number of thioether (sulfide) groups is 1. The minimum atomic E-state index is -0.263. The van der Waals surface area contributed by atoms with Gasteiger partial charge in [0, 0.05) is 0 Å². The van der Waals surface area contributed by atoms with Crippen LogP contribution in [0.25, 0.3) is 0 Å². The van der Waals surface area contributed by atoms with E-state index in [9.17, 15) is 0 Å². The van der Waals surface area contributed by atoms with E-state index < -0.39 is 0 Å². The van der Waals surface area contributed by atoms with Gasteiger partial charge >= 0.3 is 0 Å². The van der Waals surface area contributed by atoms with E-state index in [2.05, 4.69) is 50.2 Å². The molecule has 0 aromatic heterocycles. The molecule has 1 aliphatic rings. The summed E-state index contributed by atoms with van der Waals surface area (Å²) in [6.07, 6.45) is -0.894. The van der Waals surface area contributed by atoms with E-state index in [1.807, 2.05) is 54.6 Å². The molecule has 34 heavy (non-hydrogen) atoms. The summed E-state index contributed by atoms with van der Waals surface area (Å²) in [7, 11) is 0. The molecule has 180 valence electrons. The Labute approximate surface area is 207 Å². The molecule has 1 aliphatic heterocycles. The monoisotopic (exact) mass is 478 g/mol. The zero-order valence-corrected chi connectivity index (χ0v) is 20.7. The van der Waals surface area contributed by atoms with E-state index in [1.165, 1.54) is 0 Å². The molecule has 1 fully saturated rings. The van der Waals surface area contributed by atoms with Crippen LogP contribution in [-0.2, 0) is 38.8 Å². The van der Waals surface area contributed by atoms with Gasteiger partial charge < -0.3 is 18.9 Å². The van der Waals surface area contributed by atoms with Crippen molar-refractivity contribution in [3.8, 4) is 0 Å². The van der Waals surface area contributed by atoms with Gasteiger partial charge in [0.15, 0.2) is 0 Å². The summed E-state index contributed by atoms with van der Waals surface area (Å²) in [6, 6.07) is 30.7. The third-order valence-electron chi connectivity index (χ3n) is 5.91. The van der Waals surface area contributed by atoms with E-state index in [1.54, 1.807) is 11.8 Å². The lowest BCUT2D eigenvalue weighted by Gasteiger charge is -2.45. The van der Waals surface area contributed by atoms with Gasteiger partial charge in [0.25, 0.3) is 0 Å². The van der Waals surface area contributed by atoms with Crippen LogP contribution in [0.5, 0.6) is 0 Å². The molecule has 0 N–H and O–H groups in total. The van der Waals surface area contributed by atoms with E-state index >= 15 is 0 Å². The first-order valence-corrected chi connectivity index (χ1v) is 13.0. The SMILES string of the molecule is CCSC1OC(C)C(OCc2ccccc2)C(OCc2ccccc2)C1OCc1ccccc1. The predicted octanol–water partition coefficient (Wildman–Crippen LogP) is 6.24. The Morgan fingerprint density at radius 2 is 1.03 bits per heavy atom. The highest BCUT2D eigenvalue weighted by Crippen LogP contribution is 2.34. The Morgan fingerprint density at radius 1 is 0.618 bits per heavy atom. The van der Waals surface area contributed by atoms with Crippen molar-refractivity contribution in [3.63, 3.8) is 0 Å². The fourth-order valence-electron chi connectivity index (χ4n) is 4.17. The Morgan fingerprint density at radius 3 is 1.47 bits per heavy atom. The molecule has 1 saturated heterocycles. The minimum absolute atomic E-state index is 0.120. The lowest BCUT2D eigenvalue weighted by Crippen LogP contribution is -2.58. The van der Waals surface area contributed by atoms with Crippen LogP contribution in [-0.4, -0.2) is 35.6 Å². The molecular formula is C29H34O4S. The highest BCUT2D eigenvalue weighted by molar-refractivity contribution is 7.99. The van der Waals surface area contributed by atoms with Crippen LogP contribution in [0.1, 0.15) is 30.5 Å². The molecule has 4 nitrogen and oxygen atoms in total. The zero-order chi connectivity index (χ0) is 23.6. The van der Waals surface area contributed by atoms with Crippen LogP contribution in [0, 0.1) is 0 Å². The Hall–Kier alpha value is -2.15. The van der Waals surface area contributed by atoms with Gasteiger partial charge in [-0.2, -0.15) is 0 Å². The summed E-state index contributed by atoms with van der Waals surface area (Å²) in [5, 5.41) is 0. The maximum absolute atomic E-state index is 6.57. The second-order valence-corrected chi connectivity index (χ2v) is 9.82. The van der Waals surface area contributed by atoms with Crippen molar-refractivity contribution >= 4 is 11.8 Å². The fraction of sp³-hybridized carbons (Fsp3) is 0.379. The highest BCUT2D eigenvalue weighted by Gasteiger charge is 2.46. The number of rotatable bonds is 11. The van der Waals surface area contributed by atoms with Gasteiger partial charge in [0.2, 0.25) is 0 Å². The summed E-state index contributed by atoms with van der Waals surface area (Å²) >= 11 is 1.76. The van der Waals surface area contributed by atoms with Crippen LogP contribution >= 0.6 is 11.8 Å². The molecule has 0 saturated carbocycles. The molecule has 5 atom stereocenters. The maximum atomic E-state index is 6.57. The van der Waals surface area contributed by atoms with Gasteiger partial charge in [-0.25, -0.2) is 0 Å². The van der Waals surface area contributed by atoms with E-state index in [-0.39, 0.29) is 29.9 Å². The van der Waals surface area contributed by atoms with Gasteiger partial charge in [-0.3, -0.25) is 0 Å². The minimum Gasteiger partial charge on any atom is -0.368 e. The van der Waals surface area contributed by atoms with E-state index in [0.717, 1.165) is 22.4 Å². The molecule has 0 amide bonds. The molecule has 1 heterocycles. The number of hydrogen-bond donors (Lipinski definition) is 0. The third-order valence-corrected chi connectivity index (χ3v) is 6.96. The third kappa shape index (κ3) is 6.94. The van der Waals surface area contributed by atoms with Crippen molar-refractivity contribution in [1.29, 1.82) is 0 Å². The molecule has 0 aliphatic carbocycles. The second-order valence-electron chi connectivity index (χ2n) is 8.45. The average Bonchev–Trinajstić information content (AvgIpc) is 2.88. The molecule has 3 aromatic rings. The molecule has 5 unspecified atom stereocenters. The molecular weight excluding hydrogens is 444 g/mol. The Balaban J connectivity index is 1.55. The summed E-state index contributed by atoms with van der Waals surface area (Å²) in [5.41, 5.74) is 3.26. The van der Waals surface area contributed by atoms with E-state index in [4.69, 9.17) is 18.9 Å². The van der Waals surface area contributed by atoms with Crippen molar-refractivity contribution in [2.45, 2.75) is 63.5 Å². The van der Waals surface area contributed by atoms with Crippen LogP contribution < -0.4 is 0 Å². The Bertz CT molecular complexity index is 954. The standard InChI is InChI=1S/C29H34O4S/c1-3-34-29-28(32-21-25-17-11-6-12-18-25)27(31-20-24-15-9-5-10-16-24)26(22(2)33-29)30-19-23-13-7-4-8-14-23/h4-18,22,26-29H,3,19-21H2,1-2H3. The lowest BCUT2D eigenvalue weighted by atomic mass is 9.99. The van der Waals surface area contributed by atoms with Gasteiger partial charge in [-0.15, -0.1) is 11.8 Å². The van der Waals surface area contributed by atoms with Crippen molar-refractivity contribution < 1.29 is 18.9 Å². The first-order chi connectivity index (χ1) is 16.7. The van der Waals surface area contributed by atoms with Crippen LogP contribution in [0.2, 0.25) is 0 Å². The van der Waals surface area contributed by atoms with E-state index in [0.29, 0.717) is 19.8 Å². The van der Waals surface area contributed by atoms with Crippen molar-refractivity contribution in [3.05, 3.63) is 108 Å². The largest absolute Gasteiger partial charge is 0.368 e. The summed E-state index contributed by atoms with van der Waals surface area (Å²) in [5.74, 6) is 0.934. The second kappa shape index (κ2) is 13.1. The predicted molar refractivity (Wildman–Crippen MR) is 138 cm³/mol. The molecule has 3 aromatic carbocycles. The summed E-state index contributed by atoms with van der Waals surface area (Å²) < 4.78 is 26.0.